The summed E-state index contributed by atoms with van der Waals surface area (Å²) in [6, 6.07) is 39.5. The van der Waals surface area contributed by atoms with Gasteiger partial charge in [0.15, 0.2) is 0 Å². The molecule has 0 fully saturated rings. The Morgan fingerprint density at radius 2 is 1.16 bits per heavy atom. The molecule has 2 heteroatoms. The minimum atomic E-state index is 1.10. The fourth-order valence-electron chi connectivity index (χ4n) is 5.31. The Hall–Kier alpha value is -3.62. The molecule has 1 heterocycles. The first-order valence-electron chi connectivity index (χ1n) is 10.8. The van der Waals surface area contributed by atoms with Crippen LogP contribution in [0, 0.1) is 0 Å². The van der Waals surface area contributed by atoms with Gasteiger partial charge in [0.1, 0.15) is 0 Å². The van der Waals surface area contributed by atoms with Crippen molar-refractivity contribution in [3.63, 3.8) is 0 Å². The molecule has 150 valence electrons. The van der Waals surface area contributed by atoms with Crippen LogP contribution in [0.4, 0.5) is 0 Å². The van der Waals surface area contributed by atoms with E-state index in [0.29, 0.717) is 0 Å². The second-order valence-electron chi connectivity index (χ2n) is 8.31. The van der Waals surface area contributed by atoms with Crippen LogP contribution < -0.4 is 0 Å². The average Bonchev–Trinajstić information content (AvgIpc) is 3.18. The normalized spacial score (nSPS) is 11.9. The van der Waals surface area contributed by atoms with Gasteiger partial charge in [-0.05, 0) is 57.3 Å². The van der Waals surface area contributed by atoms with E-state index in [-0.39, 0.29) is 0 Å². The lowest BCUT2D eigenvalue weighted by molar-refractivity contribution is 1.19. The molecule has 0 saturated carbocycles. The fourth-order valence-corrected chi connectivity index (χ4v) is 5.67. The van der Waals surface area contributed by atoms with Gasteiger partial charge in [0.25, 0.3) is 0 Å². The summed E-state index contributed by atoms with van der Waals surface area (Å²) in [5, 5.41) is 10.3. The highest BCUT2D eigenvalue weighted by Crippen LogP contribution is 2.44. The summed E-state index contributed by atoms with van der Waals surface area (Å²) in [5.41, 5.74) is 3.68. The Morgan fingerprint density at radius 3 is 2.00 bits per heavy atom. The topological polar surface area (TPSA) is 4.93 Å². The number of nitrogens with zero attached hydrogens (tertiary/aromatic N) is 1. The zero-order valence-corrected chi connectivity index (χ0v) is 18.8. The third-order valence-corrected chi connectivity index (χ3v) is 7.09. The first kappa shape index (κ1) is 18.0. The minimum absolute atomic E-state index is 1.10. The molecule has 0 saturated heterocycles. The molecule has 1 nitrogen and oxygen atoms in total. The van der Waals surface area contributed by atoms with Crippen molar-refractivity contribution in [3.8, 4) is 5.69 Å². The molecule has 0 radical (unpaired) electrons. The predicted octanol–water partition coefficient (Wildman–Crippen LogP) is 9.01. The Labute approximate surface area is 193 Å². The van der Waals surface area contributed by atoms with Crippen molar-refractivity contribution in [3.05, 3.63) is 114 Å². The van der Waals surface area contributed by atoms with E-state index in [2.05, 4.69) is 130 Å². The summed E-state index contributed by atoms with van der Waals surface area (Å²) >= 11 is 3.73. The van der Waals surface area contributed by atoms with Gasteiger partial charge in [0, 0.05) is 26.3 Å². The largest absolute Gasteiger partial charge is 0.309 e. The van der Waals surface area contributed by atoms with Crippen molar-refractivity contribution in [1.82, 2.24) is 4.57 Å². The standard InChI is InChI=1S/C30H18BrN/c31-20-15-17-27-26(18-20)29-24-13-7-6-12-23(24)25-16-14-19-8-4-5-11-22(19)28(25)30(29)32(27)21-9-2-1-3-10-21/h1-18H. The van der Waals surface area contributed by atoms with Crippen LogP contribution in [0.15, 0.2) is 114 Å². The van der Waals surface area contributed by atoms with E-state index < -0.39 is 0 Å². The lowest BCUT2D eigenvalue weighted by Crippen LogP contribution is -1.95. The number of para-hydroxylation sites is 1. The van der Waals surface area contributed by atoms with Gasteiger partial charge in [-0.25, -0.2) is 0 Å². The molecular formula is C30H18BrN. The maximum Gasteiger partial charge on any atom is 0.0632 e. The summed E-state index contributed by atoms with van der Waals surface area (Å²) in [6.07, 6.45) is 0. The van der Waals surface area contributed by atoms with Crippen LogP contribution in [0.25, 0.3) is 59.8 Å². The van der Waals surface area contributed by atoms with E-state index >= 15 is 0 Å². The van der Waals surface area contributed by atoms with E-state index in [1.165, 1.54) is 59.8 Å². The number of hydrogen-bond acceptors (Lipinski definition) is 0. The van der Waals surface area contributed by atoms with Crippen LogP contribution >= 0.6 is 15.9 Å². The zero-order valence-electron chi connectivity index (χ0n) is 17.2. The molecule has 6 aromatic carbocycles. The Bertz CT molecular complexity index is 1830. The Morgan fingerprint density at radius 1 is 0.500 bits per heavy atom. The Balaban J connectivity index is 1.91. The van der Waals surface area contributed by atoms with E-state index in [9.17, 15) is 0 Å². The van der Waals surface area contributed by atoms with Gasteiger partial charge < -0.3 is 4.57 Å². The van der Waals surface area contributed by atoms with E-state index in [4.69, 9.17) is 0 Å². The van der Waals surface area contributed by atoms with Crippen LogP contribution in [0.2, 0.25) is 0 Å². The monoisotopic (exact) mass is 471 g/mol. The number of rotatable bonds is 1. The summed E-state index contributed by atoms with van der Waals surface area (Å²) in [4.78, 5) is 0. The van der Waals surface area contributed by atoms with Crippen molar-refractivity contribution in [2.45, 2.75) is 0 Å². The third-order valence-electron chi connectivity index (χ3n) is 6.60. The van der Waals surface area contributed by atoms with Crippen molar-refractivity contribution in [2.24, 2.45) is 0 Å². The fraction of sp³-hybridized carbons (Fsp3) is 0. The molecule has 0 amide bonds. The molecule has 0 atom stereocenters. The molecular weight excluding hydrogens is 454 g/mol. The van der Waals surface area contributed by atoms with Crippen LogP contribution in [0.3, 0.4) is 0 Å². The molecule has 0 aliphatic rings. The van der Waals surface area contributed by atoms with Crippen LogP contribution in [-0.2, 0) is 0 Å². The van der Waals surface area contributed by atoms with Crippen molar-refractivity contribution < 1.29 is 0 Å². The van der Waals surface area contributed by atoms with Gasteiger partial charge in [0.2, 0.25) is 0 Å². The van der Waals surface area contributed by atoms with Crippen molar-refractivity contribution >= 4 is 70.1 Å². The number of benzene rings is 6. The van der Waals surface area contributed by atoms with Gasteiger partial charge in [0.05, 0.1) is 11.0 Å². The van der Waals surface area contributed by atoms with Crippen molar-refractivity contribution in [2.75, 3.05) is 0 Å². The highest BCUT2D eigenvalue weighted by molar-refractivity contribution is 9.10. The van der Waals surface area contributed by atoms with Gasteiger partial charge >= 0.3 is 0 Å². The molecule has 0 bridgehead atoms. The summed E-state index contributed by atoms with van der Waals surface area (Å²) in [7, 11) is 0. The van der Waals surface area contributed by atoms with Gasteiger partial charge in [-0.2, -0.15) is 0 Å². The molecule has 1 aromatic heterocycles. The average molecular weight is 472 g/mol. The van der Waals surface area contributed by atoms with E-state index in [0.717, 1.165) is 4.47 Å². The van der Waals surface area contributed by atoms with Crippen LogP contribution in [-0.4, -0.2) is 4.57 Å². The van der Waals surface area contributed by atoms with Crippen molar-refractivity contribution in [1.29, 1.82) is 0 Å². The van der Waals surface area contributed by atoms with Gasteiger partial charge in [-0.3, -0.25) is 0 Å². The Kier molecular flexibility index (Phi) is 3.76. The molecule has 0 aliphatic heterocycles. The lowest BCUT2D eigenvalue weighted by Gasteiger charge is -2.14. The molecule has 0 spiro atoms. The maximum absolute atomic E-state index is 3.73. The summed E-state index contributed by atoms with van der Waals surface area (Å²) in [5.74, 6) is 0. The SMILES string of the molecule is Brc1ccc2c(c1)c1c3ccccc3c3ccc4ccccc4c3c1n2-c1ccccc1. The zero-order chi connectivity index (χ0) is 21.2. The summed E-state index contributed by atoms with van der Waals surface area (Å²) in [6.45, 7) is 0. The van der Waals surface area contributed by atoms with Gasteiger partial charge in [-0.1, -0.05) is 94.8 Å². The van der Waals surface area contributed by atoms with Crippen LogP contribution in [0.1, 0.15) is 0 Å². The van der Waals surface area contributed by atoms with Gasteiger partial charge in [-0.15, -0.1) is 0 Å². The highest BCUT2D eigenvalue weighted by Gasteiger charge is 2.20. The molecule has 0 unspecified atom stereocenters. The highest BCUT2D eigenvalue weighted by atomic mass is 79.9. The first-order valence-corrected chi connectivity index (χ1v) is 11.6. The molecule has 32 heavy (non-hydrogen) atoms. The minimum Gasteiger partial charge on any atom is -0.309 e. The third kappa shape index (κ3) is 2.39. The summed E-state index contributed by atoms with van der Waals surface area (Å²) < 4.78 is 3.54. The smallest absolute Gasteiger partial charge is 0.0632 e. The lowest BCUT2D eigenvalue weighted by atomic mass is 9.93. The molecule has 0 aliphatic carbocycles. The number of fused-ring (bicyclic) bond motifs is 10. The number of aromatic nitrogens is 1. The van der Waals surface area contributed by atoms with Crippen LogP contribution in [0.5, 0.6) is 0 Å². The maximum atomic E-state index is 3.73. The molecule has 7 rings (SSSR count). The molecule has 0 N–H and O–H groups in total. The predicted molar refractivity (Wildman–Crippen MR) is 141 cm³/mol. The van der Waals surface area contributed by atoms with E-state index in [1.54, 1.807) is 0 Å². The second kappa shape index (κ2) is 6.69. The number of hydrogen-bond donors (Lipinski definition) is 0. The quantitative estimate of drug-likeness (QED) is 0.210. The first-order chi connectivity index (χ1) is 15.8. The molecule has 7 aromatic rings. The number of halogens is 1. The van der Waals surface area contributed by atoms with E-state index in [1.807, 2.05) is 0 Å². The second-order valence-corrected chi connectivity index (χ2v) is 9.23.